The summed E-state index contributed by atoms with van der Waals surface area (Å²) in [5, 5.41) is 12.9. The van der Waals surface area contributed by atoms with Crippen LogP contribution in [0, 0.1) is 6.92 Å². The summed E-state index contributed by atoms with van der Waals surface area (Å²) < 4.78 is 0. The van der Waals surface area contributed by atoms with Gasteiger partial charge in [0.2, 0.25) is 0 Å². The number of hydrogen-bond donors (Lipinski definition) is 2. The second-order valence-corrected chi connectivity index (χ2v) is 5.86. The molecule has 2 aromatic rings. The lowest BCUT2D eigenvalue weighted by atomic mass is 10.1. The van der Waals surface area contributed by atoms with E-state index >= 15 is 0 Å². The number of amides is 1. The minimum atomic E-state index is -0.173. The minimum absolute atomic E-state index is 0.0459. The van der Waals surface area contributed by atoms with Crippen molar-refractivity contribution < 1.29 is 9.90 Å². The van der Waals surface area contributed by atoms with Crippen molar-refractivity contribution >= 4 is 23.4 Å². The number of pyridine rings is 1. The molecule has 4 nitrogen and oxygen atoms in total. The summed E-state index contributed by atoms with van der Waals surface area (Å²) in [7, 11) is 0. The number of benzene rings is 1. The number of anilines is 1. The van der Waals surface area contributed by atoms with E-state index in [2.05, 4.69) is 10.3 Å². The van der Waals surface area contributed by atoms with E-state index in [1.54, 1.807) is 36.2 Å². The Morgan fingerprint density at radius 2 is 2.14 bits per heavy atom. The van der Waals surface area contributed by atoms with Crippen LogP contribution in [0.2, 0.25) is 0 Å². The molecule has 0 radical (unpaired) electrons. The van der Waals surface area contributed by atoms with Crippen molar-refractivity contribution in [2.24, 2.45) is 0 Å². The van der Waals surface area contributed by atoms with Gasteiger partial charge in [0, 0.05) is 17.4 Å². The normalized spacial score (nSPS) is 10.4. The van der Waals surface area contributed by atoms with Crippen molar-refractivity contribution in [1.82, 2.24) is 4.98 Å². The first-order chi connectivity index (χ1) is 10.1. The molecule has 0 atom stereocenters. The zero-order valence-corrected chi connectivity index (χ0v) is 12.9. The Hall–Kier alpha value is -1.85. The molecule has 110 valence electrons. The van der Waals surface area contributed by atoms with Crippen molar-refractivity contribution in [1.29, 1.82) is 0 Å². The van der Waals surface area contributed by atoms with Gasteiger partial charge in [-0.25, -0.2) is 4.98 Å². The van der Waals surface area contributed by atoms with E-state index in [9.17, 15) is 9.90 Å². The van der Waals surface area contributed by atoms with Crippen LogP contribution in [0.1, 0.15) is 28.4 Å². The molecule has 0 unspecified atom stereocenters. The topological polar surface area (TPSA) is 62.2 Å². The molecule has 2 rings (SSSR count). The van der Waals surface area contributed by atoms with Crippen molar-refractivity contribution in [3.05, 3.63) is 53.2 Å². The largest absolute Gasteiger partial charge is 0.392 e. The van der Waals surface area contributed by atoms with Crippen LogP contribution in [0.5, 0.6) is 0 Å². The van der Waals surface area contributed by atoms with Gasteiger partial charge in [-0.1, -0.05) is 19.1 Å². The van der Waals surface area contributed by atoms with Gasteiger partial charge in [-0.05, 0) is 42.0 Å². The number of aryl methyl sites for hydroxylation is 1. The lowest BCUT2D eigenvalue weighted by Gasteiger charge is -2.10. The third-order valence-electron chi connectivity index (χ3n) is 3.02. The number of aliphatic hydroxyl groups is 1. The number of aliphatic hydroxyl groups excluding tert-OH is 1. The SMILES string of the molecule is CCSc1cc(C(=O)Nc2cc(CO)ccc2C)ccn1. The average molecular weight is 302 g/mol. The zero-order valence-electron chi connectivity index (χ0n) is 12.1. The first-order valence-corrected chi connectivity index (χ1v) is 7.73. The summed E-state index contributed by atoms with van der Waals surface area (Å²) in [6, 6.07) is 8.99. The second-order valence-electron chi connectivity index (χ2n) is 4.58. The van der Waals surface area contributed by atoms with Gasteiger partial charge in [-0.3, -0.25) is 4.79 Å². The molecule has 0 fully saturated rings. The molecule has 0 aliphatic heterocycles. The zero-order chi connectivity index (χ0) is 15.2. The van der Waals surface area contributed by atoms with Crippen molar-refractivity contribution in [2.75, 3.05) is 11.1 Å². The lowest BCUT2D eigenvalue weighted by molar-refractivity contribution is 0.102. The second kappa shape index (κ2) is 7.24. The smallest absolute Gasteiger partial charge is 0.255 e. The van der Waals surface area contributed by atoms with Crippen LogP contribution in [0.3, 0.4) is 0 Å². The van der Waals surface area contributed by atoms with E-state index < -0.39 is 0 Å². The van der Waals surface area contributed by atoms with Gasteiger partial charge in [0.05, 0.1) is 11.6 Å². The molecule has 0 spiro atoms. The monoisotopic (exact) mass is 302 g/mol. The maximum atomic E-state index is 12.3. The Bertz CT molecular complexity index is 644. The summed E-state index contributed by atoms with van der Waals surface area (Å²) >= 11 is 1.60. The molecule has 1 aromatic carbocycles. The molecule has 0 aliphatic rings. The van der Waals surface area contributed by atoms with Gasteiger partial charge < -0.3 is 10.4 Å². The average Bonchev–Trinajstić information content (AvgIpc) is 2.50. The molecule has 21 heavy (non-hydrogen) atoms. The van der Waals surface area contributed by atoms with E-state index in [1.165, 1.54) is 0 Å². The summed E-state index contributed by atoms with van der Waals surface area (Å²) in [6.07, 6.45) is 1.64. The van der Waals surface area contributed by atoms with Crippen LogP contribution < -0.4 is 5.32 Å². The number of nitrogens with zero attached hydrogens (tertiary/aromatic N) is 1. The molecule has 0 saturated carbocycles. The summed E-state index contributed by atoms with van der Waals surface area (Å²) in [5.74, 6) is 0.740. The highest BCUT2D eigenvalue weighted by Crippen LogP contribution is 2.20. The fourth-order valence-electron chi connectivity index (χ4n) is 1.87. The number of carbonyl (C=O) groups is 1. The van der Waals surface area contributed by atoms with E-state index in [0.717, 1.165) is 21.9 Å². The maximum Gasteiger partial charge on any atom is 0.255 e. The maximum absolute atomic E-state index is 12.3. The Labute approximate surface area is 128 Å². The highest BCUT2D eigenvalue weighted by Gasteiger charge is 2.09. The van der Waals surface area contributed by atoms with Gasteiger partial charge in [-0.2, -0.15) is 0 Å². The molecule has 1 heterocycles. The lowest BCUT2D eigenvalue weighted by Crippen LogP contribution is -2.13. The predicted octanol–water partition coefficient (Wildman–Crippen LogP) is 3.25. The quantitative estimate of drug-likeness (QED) is 0.832. The molecule has 0 saturated heterocycles. The van der Waals surface area contributed by atoms with E-state index in [4.69, 9.17) is 0 Å². The predicted molar refractivity (Wildman–Crippen MR) is 85.7 cm³/mol. The van der Waals surface area contributed by atoms with Gasteiger partial charge in [-0.15, -0.1) is 11.8 Å². The number of carbonyl (C=O) groups excluding carboxylic acids is 1. The first kappa shape index (κ1) is 15.5. The Morgan fingerprint density at radius 3 is 2.86 bits per heavy atom. The van der Waals surface area contributed by atoms with Crippen LogP contribution in [0.25, 0.3) is 0 Å². The van der Waals surface area contributed by atoms with Gasteiger partial charge >= 0.3 is 0 Å². The molecular formula is C16H18N2O2S. The number of hydrogen-bond acceptors (Lipinski definition) is 4. The number of thioether (sulfide) groups is 1. The van der Waals surface area contributed by atoms with Crippen LogP contribution in [-0.2, 0) is 6.61 Å². The van der Waals surface area contributed by atoms with Gasteiger partial charge in [0.1, 0.15) is 0 Å². The Kier molecular flexibility index (Phi) is 5.36. The molecule has 5 heteroatoms. The third-order valence-corrected chi connectivity index (χ3v) is 3.83. The van der Waals surface area contributed by atoms with Crippen molar-refractivity contribution in [3.8, 4) is 0 Å². The van der Waals surface area contributed by atoms with E-state index in [0.29, 0.717) is 11.3 Å². The highest BCUT2D eigenvalue weighted by atomic mass is 32.2. The first-order valence-electron chi connectivity index (χ1n) is 6.74. The molecule has 0 bridgehead atoms. The number of nitrogens with one attached hydrogen (secondary N) is 1. The van der Waals surface area contributed by atoms with Crippen molar-refractivity contribution in [2.45, 2.75) is 25.5 Å². The van der Waals surface area contributed by atoms with Gasteiger partial charge in [0.25, 0.3) is 5.91 Å². The van der Waals surface area contributed by atoms with E-state index in [-0.39, 0.29) is 12.5 Å². The van der Waals surface area contributed by atoms with Crippen LogP contribution in [0.4, 0.5) is 5.69 Å². The molecule has 0 aliphatic carbocycles. The summed E-state index contributed by atoms with van der Waals surface area (Å²) in [4.78, 5) is 16.5. The Balaban J connectivity index is 2.19. The number of rotatable bonds is 5. The summed E-state index contributed by atoms with van der Waals surface area (Å²) in [5.41, 5.74) is 3.02. The van der Waals surface area contributed by atoms with Crippen LogP contribution in [0.15, 0.2) is 41.6 Å². The van der Waals surface area contributed by atoms with E-state index in [1.807, 2.05) is 26.0 Å². The fourth-order valence-corrected chi connectivity index (χ4v) is 2.52. The Morgan fingerprint density at radius 1 is 1.33 bits per heavy atom. The summed E-state index contributed by atoms with van der Waals surface area (Å²) in [6.45, 7) is 3.92. The fraction of sp³-hybridized carbons (Fsp3) is 0.250. The standard InChI is InChI=1S/C16H18N2O2S/c1-3-21-15-9-13(6-7-17-15)16(20)18-14-8-12(10-19)5-4-11(14)2/h4-9,19H,3,10H2,1-2H3,(H,18,20). The molecule has 1 amide bonds. The van der Waals surface area contributed by atoms with Crippen LogP contribution >= 0.6 is 11.8 Å². The number of aromatic nitrogens is 1. The minimum Gasteiger partial charge on any atom is -0.392 e. The third kappa shape index (κ3) is 4.06. The molecule has 2 N–H and O–H groups in total. The molecular weight excluding hydrogens is 284 g/mol. The molecule has 1 aromatic heterocycles. The highest BCUT2D eigenvalue weighted by molar-refractivity contribution is 7.99. The van der Waals surface area contributed by atoms with Crippen LogP contribution in [-0.4, -0.2) is 21.8 Å². The van der Waals surface area contributed by atoms with Crippen molar-refractivity contribution in [3.63, 3.8) is 0 Å². The van der Waals surface area contributed by atoms with Gasteiger partial charge in [0.15, 0.2) is 0 Å².